The quantitative estimate of drug-likeness (QED) is 0.620. The van der Waals surface area contributed by atoms with Crippen LogP contribution in [0, 0.1) is 5.92 Å². The lowest BCUT2D eigenvalue weighted by atomic mass is 9.96. The van der Waals surface area contributed by atoms with E-state index in [0.29, 0.717) is 18.3 Å². The third kappa shape index (κ3) is 4.14. The number of fused-ring (bicyclic) bond motifs is 1. The maximum absolute atomic E-state index is 12.3. The first kappa shape index (κ1) is 19.0. The fraction of sp³-hybridized carbons (Fsp3) is 0.455. The molecule has 0 bridgehead atoms. The fourth-order valence-electron chi connectivity index (χ4n) is 4.34. The molecule has 1 fully saturated rings. The van der Waals surface area contributed by atoms with Gasteiger partial charge in [-0.05, 0) is 61.5 Å². The minimum atomic E-state index is -0.0677. The molecule has 5 rings (SSSR count). The van der Waals surface area contributed by atoms with Gasteiger partial charge in [-0.3, -0.25) is 4.79 Å². The molecule has 1 aromatic carbocycles. The van der Waals surface area contributed by atoms with Crippen molar-refractivity contribution in [1.29, 1.82) is 0 Å². The Labute approximate surface area is 175 Å². The number of rotatable bonds is 6. The van der Waals surface area contributed by atoms with Crippen molar-refractivity contribution >= 4 is 0 Å². The Kier molecular flexibility index (Phi) is 5.31. The topological polar surface area (TPSA) is 78.1 Å². The monoisotopic (exact) mass is 406 g/mol. The zero-order chi connectivity index (χ0) is 20.3. The van der Waals surface area contributed by atoms with Crippen LogP contribution in [-0.4, -0.2) is 55.7 Å². The van der Waals surface area contributed by atoms with Crippen molar-refractivity contribution in [1.82, 2.24) is 29.4 Å². The summed E-state index contributed by atoms with van der Waals surface area (Å²) in [6.07, 6.45) is 7.31. The molecule has 0 N–H and O–H groups in total. The third-order valence-corrected chi connectivity index (χ3v) is 6.11. The smallest absolute Gasteiger partial charge is 0.266 e. The summed E-state index contributed by atoms with van der Waals surface area (Å²) in [6, 6.07) is 9.84. The highest BCUT2D eigenvalue weighted by Gasteiger charge is 2.21. The van der Waals surface area contributed by atoms with Crippen molar-refractivity contribution in [3.63, 3.8) is 0 Å². The summed E-state index contributed by atoms with van der Waals surface area (Å²) >= 11 is 0. The number of benzene rings is 1. The van der Waals surface area contributed by atoms with Gasteiger partial charge in [0, 0.05) is 25.6 Å². The second-order valence-electron chi connectivity index (χ2n) is 8.13. The van der Waals surface area contributed by atoms with Gasteiger partial charge in [0.2, 0.25) is 0 Å². The number of ether oxygens (including phenoxy) is 1. The molecule has 30 heavy (non-hydrogen) atoms. The molecule has 0 radical (unpaired) electrons. The second kappa shape index (κ2) is 8.39. The van der Waals surface area contributed by atoms with Crippen LogP contribution in [0.3, 0.4) is 0 Å². The van der Waals surface area contributed by atoms with Gasteiger partial charge in [-0.25, -0.2) is 14.3 Å². The summed E-state index contributed by atoms with van der Waals surface area (Å²) in [7, 11) is 0. The maximum atomic E-state index is 12.3. The third-order valence-electron chi connectivity index (χ3n) is 6.11. The Morgan fingerprint density at radius 1 is 1.13 bits per heavy atom. The van der Waals surface area contributed by atoms with Gasteiger partial charge in [0.1, 0.15) is 18.4 Å². The standard InChI is InChI=1S/C22H26N6O2/c29-22-4-3-21(28-16-23-15-24-28)25-27(22)14-18-6-10-26(11-7-18)9-5-17-1-2-20-19(13-17)8-12-30-20/h1-4,13,15-16,18H,5-12,14H2. The van der Waals surface area contributed by atoms with Crippen LogP contribution >= 0.6 is 0 Å². The summed E-state index contributed by atoms with van der Waals surface area (Å²) in [5.41, 5.74) is 2.67. The van der Waals surface area contributed by atoms with Crippen LogP contribution in [0.25, 0.3) is 5.82 Å². The summed E-state index contributed by atoms with van der Waals surface area (Å²) in [6.45, 7) is 4.67. The van der Waals surface area contributed by atoms with Crippen molar-refractivity contribution < 1.29 is 4.74 Å². The van der Waals surface area contributed by atoms with Gasteiger partial charge >= 0.3 is 0 Å². The maximum Gasteiger partial charge on any atom is 0.266 e. The van der Waals surface area contributed by atoms with Gasteiger partial charge in [-0.15, -0.1) is 5.10 Å². The Morgan fingerprint density at radius 2 is 2.03 bits per heavy atom. The first-order chi connectivity index (χ1) is 14.7. The van der Waals surface area contributed by atoms with Gasteiger partial charge in [-0.2, -0.15) is 5.10 Å². The molecule has 0 spiro atoms. The van der Waals surface area contributed by atoms with Crippen molar-refractivity contribution in [2.24, 2.45) is 5.92 Å². The lowest BCUT2D eigenvalue weighted by Crippen LogP contribution is -2.37. The molecule has 8 heteroatoms. The van der Waals surface area contributed by atoms with Gasteiger partial charge in [0.25, 0.3) is 5.56 Å². The average Bonchev–Trinajstić information content (AvgIpc) is 3.46. The van der Waals surface area contributed by atoms with E-state index in [9.17, 15) is 4.79 Å². The molecule has 0 atom stereocenters. The van der Waals surface area contributed by atoms with Crippen LogP contribution < -0.4 is 10.3 Å². The Bertz CT molecular complexity index is 1050. The highest BCUT2D eigenvalue weighted by molar-refractivity contribution is 5.39. The molecular weight excluding hydrogens is 380 g/mol. The Morgan fingerprint density at radius 3 is 2.87 bits per heavy atom. The lowest BCUT2D eigenvalue weighted by molar-refractivity contribution is 0.171. The summed E-state index contributed by atoms with van der Waals surface area (Å²) in [5, 5.41) is 8.57. The van der Waals surface area contributed by atoms with Crippen LogP contribution in [0.2, 0.25) is 0 Å². The van der Waals surface area contributed by atoms with Crippen LogP contribution in [0.15, 0.2) is 47.8 Å². The van der Waals surface area contributed by atoms with Crippen LogP contribution in [0.5, 0.6) is 5.75 Å². The van der Waals surface area contributed by atoms with E-state index in [4.69, 9.17) is 4.74 Å². The van der Waals surface area contributed by atoms with E-state index in [1.807, 2.05) is 0 Å². The van der Waals surface area contributed by atoms with E-state index in [1.54, 1.807) is 27.8 Å². The SMILES string of the molecule is O=c1ccc(-n2cncn2)nn1CC1CCN(CCc2ccc3c(c2)CCO3)CC1. The van der Waals surface area contributed by atoms with E-state index in [-0.39, 0.29) is 5.56 Å². The summed E-state index contributed by atoms with van der Waals surface area (Å²) < 4.78 is 8.74. The van der Waals surface area contributed by atoms with Gasteiger partial charge in [0.05, 0.1) is 6.61 Å². The molecule has 156 valence electrons. The summed E-state index contributed by atoms with van der Waals surface area (Å²) in [4.78, 5) is 18.7. The minimum Gasteiger partial charge on any atom is -0.493 e. The minimum absolute atomic E-state index is 0.0677. The van der Waals surface area contributed by atoms with Crippen molar-refractivity contribution in [3.05, 3.63) is 64.5 Å². The van der Waals surface area contributed by atoms with E-state index in [1.165, 1.54) is 17.5 Å². The Balaban J connectivity index is 1.14. The molecule has 3 aromatic rings. The molecule has 2 aromatic heterocycles. The number of hydrogen-bond acceptors (Lipinski definition) is 6. The van der Waals surface area contributed by atoms with E-state index < -0.39 is 0 Å². The predicted octanol–water partition coefficient (Wildman–Crippen LogP) is 1.71. The molecule has 2 aliphatic rings. The van der Waals surface area contributed by atoms with Crippen molar-refractivity contribution in [2.75, 3.05) is 26.2 Å². The number of likely N-dealkylation sites (tertiary alicyclic amines) is 1. The van der Waals surface area contributed by atoms with Gasteiger partial charge in [0.15, 0.2) is 5.82 Å². The molecule has 0 saturated carbocycles. The molecule has 0 aliphatic carbocycles. The van der Waals surface area contributed by atoms with Gasteiger partial charge in [-0.1, -0.05) is 12.1 Å². The van der Waals surface area contributed by atoms with Gasteiger partial charge < -0.3 is 9.64 Å². The van der Waals surface area contributed by atoms with E-state index in [0.717, 1.165) is 57.7 Å². The molecule has 1 saturated heterocycles. The predicted molar refractivity (Wildman–Crippen MR) is 112 cm³/mol. The number of hydrogen-bond donors (Lipinski definition) is 0. The first-order valence-electron chi connectivity index (χ1n) is 10.6. The molecule has 2 aliphatic heterocycles. The van der Waals surface area contributed by atoms with Crippen LogP contribution in [0.4, 0.5) is 0 Å². The molecule has 0 amide bonds. The second-order valence-corrected chi connectivity index (χ2v) is 8.13. The van der Waals surface area contributed by atoms with E-state index >= 15 is 0 Å². The van der Waals surface area contributed by atoms with Crippen LogP contribution in [-0.2, 0) is 19.4 Å². The number of aromatic nitrogens is 5. The zero-order valence-corrected chi connectivity index (χ0v) is 17.0. The highest BCUT2D eigenvalue weighted by Crippen LogP contribution is 2.26. The normalized spacial score (nSPS) is 17.1. The highest BCUT2D eigenvalue weighted by atomic mass is 16.5. The van der Waals surface area contributed by atoms with E-state index in [2.05, 4.69) is 38.3 Å². The first-order valence-corrected chi connectivity index (χ1v) is 10.6. The molecule has 0 unspecified atom stereocenters. The molecule has 4 heterocycles. The van der Waals surface area contributed by atoms with Crippen molar-refractivity contribution in [2.45, 2.75) is 32.2 Å². The number of piperidine rings is 1. The fourth-order valence-corrected chi connectivity index (χ4v) is 4.34. The zero-order valence-electron chi connectivity index (χ0n) is 17.0. The number of nitrogens with zero attached hydrogens (tertiary/aromatic N) is 6. The molecular formula is C22H26N6O2. The summed E-state index contributed by atoms with van der Waals surface area (Å²) in [5.74, 6) is 2.13. The van der Waals surface area contributed by atoms with Crippen LogP contribution in [0.1, 0.15) is 24.0 Å². The average molecular weight is 406 g/mol. The lowest BCUT2D eigenvalue weighted by Gasteiger charge is -2.32. The Hall–Kier alpha value is -3.00. The molecule has 8 nitrogen and oxygen atoms in total. The van der Waals surface area contributed by atoms with Crippen molar-refractivity contribution in [3.8, 4) is 11.6 Å². The largest absolute Gasteiger partial charge is 0.493 e.